The monoisotopic (exact) mass is 462 g/mol. The summed E-state index contributed by atoms with van der Waals surface area (Å²) in [5.41, 5.74) is 1.54. The average molecular weight is 463 g/mol. The van der Waals surface area contributed by atoms with Gasteiger partial charge >= 0.3 is 0 Å². The van der Waals surface area contributed by atoms with Gasteiger partial charge in [-0.1, -0.05) is 29.8 Å². The zero-order chi connectivity index (χ0) is 15.6. The Kier molecular flexibility index (Phi) is 5.43. The van der Waals surface area contributed by atoms with Crippen molar-refractivity contribution in [3.05, 3.63) is 42.3 Å². The topological polar surface area (TPSA) is 55.0 Å². The lowest BCUT2D eigenvalue weighted by Crippen LogP contribution is -2.17. The maximum absolute atomic E-state index is 12.1. The second kappa shape index (κ2) is 6.91. The molecule has 0 radical (unpaired) electrons. The van der Waals surface area contributed by atoms with Crippen molar-refractivity contribution in [2.45, 2.75) is 20.3 Å². The van der Waals surface area contributed by atoms with Gasteiger partial charge in [0.2, 0.25) is 0 Å². The van der Waals surface area contributed by atoms with Crippen molar-refractivity contribution in [2.24, 2.45) is 5.92 Å². The smallest absolute Gasteiger partial charge is 0.264 e. The van der Waals surface area contributed by atoms with Gasteiger partial charge < -0.3 is 9.72 Å². The van der Waals surface area contributed by atoms with Crippen LogP contribution in [0, 0.1) is 9.49 Å². The Morgan fingerprint density at radius 1 is 1.43 bits per heavy atom. The van der Waals surface area contributed by atoms with Crippen LogP contribution in [0.5, 0.6) is 5.75 Å². The number of H-pyrrole nitrogens is 1. The molecule has 2 aromatic rings. The fourth-order valence-corrected chi connectivity index (χ4v) is 2.88. The maximum Gasteiger partial charge on any atom is 0.264 e. The third kappa shape index (κ3) is 3.85. The van der Waals surface area contributed by atoms with Crippen LogP contribution >= 0.6 is 38.5 Å². The van der Waals surface area contributed by atoms with Gasteiger partial charge in [-0.2, -0.15) is 0 Å². The Bertz CT molecular complexity index is 713. The van der Waals surface area contributed by atoms with Crippen LogP contribution < -0.4 is 10.3 Å². The van der Waals surface area contributed by atoms with E-state index in [0.29, 0.717) is 15.3 Å². The first-order valence-electron chi connectivity index (χ1n) is 6.55. The van der Waals surface area contributed by atoms with Crippen LogP contribution in [0.3, 0.4) is 0 Å². The van der Waals surface area contributed by atoms with Gasteiger partial charge in [0.25, 0.3) is 5.56 Å². The first-order valence-corrected chi connectivity index (χ1v) is 8.42. The summed E-state index contributed by atoms with van der Waals surface area (Å²) in [6.07, 6.45) is 0.775. The molecule has 0 saturated carbocycles. The lowest BCUT2D eigenvalue weighted by molar-refractivity contribution is 0.415. The summed E-state index contributed by atoms with van der Waals surface area (Å²) in [6.45, 7) is 4.22. The van der Waals surface area contributed by atoms with E-state index in [0.717, 1.165) is 27.9 Å². The van der Waals surface area contributed by atoms with E-state index in [4.69, 9.17) is 4.74 Å². The number of hydrogen-bond acceptors (Lipinski definition) is 3. The minimum Gasteiger partial charge on any atom is -0.497 e. The highest BCUT2D eigenvalue weighted by molar-refractivity contribution is 14.1. The van der Waals surface area contributed by atoms with E-state index in [-0.39, 0.29) is 5.56 Å². The fraction of sp³-hybridized carbons (Fsp3) is 0.333. The summed E-state index contributed by atoms with van der Waals surface area (Å²) in [6, 6.07) is 5.59. The summed E-state index contributed by atoms with van der Waals surface area (Å²) in [7, 11) is 1.61. The number of aromatic amines is 1. The molecular formula is C15H16BrIN2O2. The quantitative estimate of drug-likeness (QED) is 0.698. The minimum absolute atomic E-state index is 0.106. The number of nitrogens with one attached hydrogen (secondary N) is 1. The standard InChI is InChI=1S/C15H16BrIN2O2/c1-8(2)6-12-13(17)15(20)19-14(18-12)10-7-9(21-3)4-5-11(10)16/h4-5,7-8H,6H2,1-3H3,(H,18,19,20). The lowest BCUT2D eigenvalue weighted by Gasteiger charge is -2.11. The molecule has 0 bridgehead atoms. The predicted molar refractivity (Wildman–Crippen MR) is 95.8 cm³/mol. The molecule has 2 rings (SSSR count). The van der Waals surface area contributed by atoms with Gasteiger partial charge in [-0.15, -0.1) is 0 Å². The van der Waals surface area contributed by atoms with Gasteiger partial charge in [0, 0.05) is 10.0 Å². The van der Waals surface area contributed by atoms with E-state index in [2.05, 4.69) is 62.3 Å². The van der Waals surface area contributed by atoms with Gasteiger partial charge in [0.05, 0.1) is 16.4 Å². The number of rotatable bonds is 4. The van der Waals surface area contributed by atoms with E-state index in [1.165, 1.54) is 0 Å². The molecule has 0 saturated heterocycles. The lowest BCUT2D eigenvalue weighted by atomic mass is 10.1. The molecule has 0 aliphatic carbocycles. The fourth-order valence-electron chi connectivity index (χ4n) is 1.97. The summed E-state index contributed by atoms with van der Waals surface area (Å²) in [4.78, 5) is 19.6. The third-order valence-electron chi connectivity index (χ3n) is 2.96. The Hall–Kier alpha value is -0.890. The van der Waals surface area contributed by atoms with Crippen LogP contribution in [0.2, 0.25) is 0 Å². The Labute approximate surface area is 145 Å². The van der Waals surface area contributed by atoms with Gasteiger partial charge in [-0.3, -0.25) is 4.79 Å². The van der Waals surface area contributed by atoms with Gasteiger partial charge in [0.15, 0.2) is 0 Å². The van der Waals surface area contributed by atoms with Crippen molar-refractivity contribution >= 4 is 38.5 Å². The van der Waals surface area contributed by atoms with E-state index < -0.39 is 0 Å². The first kappa shape index (κ1) is 16.5. The van der Waals surface area contributed by atoms with Crippen molar-refractivity contribution < 1.29 is 4.74 Å². The van der Waals surface area contributed by atoms with E-state index in [1.807, 2.05) is 18.2 Å². The number of methoxy groups -OCH3 is 1. The van der Waals surface area contributed by atoms with Gasteiger partial charge in [-0.25, -0.2) is 4.98 Å². The zero-order valence-electron chi connectivity index (χ0n) is 12.0. The zero-order valence-corrected chi connectivity index (χ0v) is 15.8. The van der Waals surface area contributed by atoms with Gasteiger partial charge in [0.1, 0.15) is 11.6 Å². The van der Waals surface area contributed by atoms with E-state index >= 15 is 0 Å². The molecule has 21 heavy (non-hydrogen) atoms. The van der Waals surface area contributed by atoms with Crippen molar-refractivity contribution in [1.82, 2.24) is 9.97 Å². The summed E-state index contributed by atoms with van der Waals surface area (Å²) in [5.74, 6) is 1.72. The number of benzene rings is 1. The first-order chi connectivity index (χ1) is 9.92. The van der Waals surface area contributed by atoms with E-state index in [1.54, 1.807) is 7.11 Å². The molecule has 1 N–H and O–H groups in total. The molecule has 6 heteroatoms. The highest BCUT2D eigenvalue weighted by Gasteiger charge is 2.14. The van der Waals surface area contributed by atoms with Crippen LogP contribution in [0.25, 0.3) is 11.4 Å². The second-order valence-corrected chi connectivity index (χ2v) is 7.05. The Balaban J connectivity index is 2.59. The molecule has 0 aliphatic heterocycles. The minimum atomic E-state index is -0.106. The number of ether oxygens (including phenoxy) is 1. The summed E-state index contributed by atoms with van der Waals surface area (Å²) >= 11 is 5.55. The summed E-state index contributed by atoms with van der Waals surface area (Å²) in [5, 5.41) is 0. The molecule has 0 spiro atoms. The van der Waals surface area contributed by atoms with Crippen molar-refractivity contribution in [3.8, 4) is 17.1 Å². The van der Waals surface area contributed by atoms with Crippen LogP contribution in [0.1, 0.15) is 19.5 Å². The maximum atomic E-state index is 12.1. The molecule has 1 aromatic heterocycles. The summed E-state index contributed by atoms with van der Waals surface area (Å²) < 4.78 is 6.76. The molecule has 4 nitrogen and oxygen atoms in total. The highest BCUT2D eigenvalue weighted by Crippen LogP contribution is 2.29. The molecule has 0 amide bonds. The van der Waals surface area contributed by atoms with Crippen molar-refractivity contribution in [2.75, 3.05) is 7.11 Å². The molecule has 0 aliphatic rings. The molecule has 1 aromatic carbocycles. The number of halogens is 2. The van der Waals surface area contributed by atoms with E-state index in [9.17, 15) is 4.79 Å². The number of nitrogens with zero attached hydrogens (tertiary/aromatic N) is 1. The van der Waals surface area contributed by atoms with Crippen molar-refractivity contribution in [1.29, 1.82) is 0 Å². The molecule has 1 heterocycles. The van der Waals surface area contributed by atoms with Gasteiger partial charge in [-0.05, 0) is 53.1 Å². The molecule has 112 valence electrons. The predicted octanol–water partition coefficient (Wildman–Crippen LogP) is 4.01. The largest absolute Gasteiger partial charge is 0.497 e. The molecule has 0 atom stereocenters. The number of aromatic nitrogens is 2. The molecular weight excluding hydrogens is 447 g/mol. The van der Waals surface area contributed by atoms with Crippen LogP contribution in [-0.2, 0) is 6.42 Å². The number of hydrogen-bond donors (Lipinski definition) is 1. The molecule has 0 fully saturated rings. The SMILES string of the molecule is COc1ccc(Br)c(-c2nc(CC(C)C)c(I)c(=O)[nH]2)c1. The third-order valence-corrected chi connectivity index (χ3v) is 4.77. The normalized spacial score (nSPS) is 11.0. The van der Waals surface area contributed by atoms with Crippen LogP contribution in [0.4, 0.5) is 0 Å². The highest BCUT2D eigenvalue weighted by atomic mass is 127. The van der Waals surface area contributed by atoms with Crippen LogP contribution in [0.15, 0.2) is 27.5 Å². The van der Waals surface area contributed by atoms with Crippen LogP contribution in [-0.4, -0.2) is 17.1 Å². The average Bonchev–Trinajstić information content (AvgIpc) is 2.43. The molecule has 0 unspecified atom stereocenters. The van der Waals surface area contributed by atoms with Crippen molar-refractivity contribution in [3.63, 3.8) is 0 Å². The Morgan fingerprint density at radius 3 is 2.76 bits per heavy atom. The second-order valence-electron chi connectivity index (χ2n) is 5.12. The Morgan fingerprint density at radius 2 is 2.14 bits per heavy atom.